The maximum absolute atomic E-state index is 14.7. The first-order chi connectivity index (χ1) is 16.2. The zero-order valence-corrected chi connectivity index (χ0v) is 17.5. The Morgan fingerprint density at radius 2 is 1.97 bits per heavy atom. The number of H-pyrrole nitrogens is 1. The Kier molecular flexibility index (Phi) is 5.16. The van der Waals surface area contributed by atoms with Crippen molar-refractivity contribution in [2.45, 2.75) is 37.5 Å². The quantitative estimate of drug-likeness (QED) is 0.354. The second-order valence-corrected chi connectivity index (χ2v) is 8.30. The van der Waals surface area contributed by atoms with Gasteiger partial charge in [0, 0.05) is 28.9 Å². The normalized spacial score (nSPS) is 15.0. The highest BCUT2D eigenvalue weighted by atomic mass is 19.4. The van der Waals surface area contributed by atoms with Gasteiger partial charge in [-0.3, -0.25) is 4.79 Å². The predicted molar refractivity (Wildman–Crippen MR) is 113 cm³/mol. The highest BCUT2D eigenvalue weighted by Gasteiger charge is 2.66. The van der Waals surface area contributed by atoms with Gasteiger partial charge in [-0.1, -0.05) is 17.3 Å². The number of benzene rings is 1. The fourth-order valence-corrected chi connectivity index (χ4v) is 3.90. The molecule has 1 saturated carbocycles. The number of carbonyl (C=O) groups is 1. The molecule has 5 rings (SSSR count). The van der Waals surface area contributed by atoms with E-state index in [2.05, 4.69) is 20.4 Å². The van der Waals surface area contributed by atoms with Crippen LogP contribution in [0.15, 0.2) is 47.1 Å². The van der Waals surface area contributed by atoms with Crippen molar-refractivity contribution in [3.8, 4) is 11.1 Å². The first-order valence-electron chi connectivity index (χ1n) is 10.4. The summed E-state index contributed by atoms with van der Waals surface area (Å²) in [7, 11) is 0. The van der Waals surface area contributed by atoms with Crippen molar-refractivity contribution < 1.29 is 32.0 Å². The number of anilines is 1. The molecular formula is C23H18F4N4O3. The van der Waals surface area contributed by atoms with E-state index >= 15 is 0 Å². The summed E-state index contributed by atoms with van der Waals surface area (Å²) in [6.07, 6.45) is -3.41. The topological polar surface area (TPSA) is 104 Å². The fourth-order valence-electron chi connectivity index (χ4n) is 3.90. The van der Waals surface area contributed by atoms with Gasteiger partial charge >= 0.3 is 6.18 Å². The Morgan fingerprint density at radius 3 is 2.65 bits per heavy atom. The van der Waals surface area contributed by atoms with Crippen LogP contribution in [0.25, 0.3) is 22.2 Å². The Labute approximate surface area is 189 Å². The van der Waals surface area contributed by atoms with E-state index in [-0.39, 0.29) is 43.0 Å². The molecule has 3 heterocycles. The van der Waals surface area contributed by atoms with Crippen LogP contribution in [0.5, 0.6) is 0 Å². The minimum atomic E-state index is -4.46. The lowest BCUT2D eigenvalue weighted by Crippen LogP contribution is -2.28. The fraction of sp³-hybridized carbons (Fsp3) is 0.261. The molecule has 7 nitrogen and oxygen atoms in total. The third kappa shape index (κ3) is 3.92. The number of aliphatic hydroxyl groups excluding tert-OH is 1. The van der Waals surface area contributed by atoms with Crippen molar-refractivity contribution in [1.82, 2.24) is 15.1 Å². The minimum Gasteiger partial charge on any atom is -0.390 e. The molecule has 1 amide bonds. The van der Waals surface area contributed by atoms with Crippen molar-refractivity contribution in [2.24, 2.45) is 0 Å². The van der Waals surface area contributed by atoms with Gasteiger partial charge in [-0.2, -0.15) is 13.2 Å². The highest BCUT2D eigenvalue weighted by Crippen LogP contribution is 2.59. The summed E-state index contributed by atoms with van der Waals surface area (Å²) in [5.41, 5.74) is 0.475. The molecule has 1 fully saturated rings. The van der Waals surface area contributed by atoms with Crippen LogP contribution in [-0.4, -0.2) is 32.3 Å². The minimum absolute atomic E-state index is 0.0915. The van der Waals surface area contributed by atoms with Gasteiger partial charge in [0.05, 0.1) is 13.0 Å². The number of pyridine rings is 1. The number of rotatable bonds is 6. The lowest BCUT2D eigenvalue weighted by Gasteiger charge is -2.14. The second-order valence-electron chi connectivity index (χ2n) is 8.30. The molecule has 0 radical (unpaired) electrons. The molecule has 3 N–H and O–H groups in total. The van der Waals surface area contributed by atoms with Crippen LogP contribution in [0.3, 0.4) is 0 Å². The van der Waals surface area contributed by atoms with Crippen LogP contribution < -0.4 is 5.32 Å². The zero-order valence-electron chi connectivity index (χ0n) is 17.5. The molecule has 0 aliphatic heterocycles. The molecule has 11 heteroatoms. The Balaban J connectivity index is 1.28. The van der Waals surface area contributed by atoms with E-state index in [0.29, 0.717) is 22.5 Å². The average Bonchev–Trinajstić information content (AvgIpc) is 3.32. The summed E-state index contributed by atoms with van der Waals surface area (Å²) in [6.45, 7) is -0.157. The van der Waals surface area contributed by atoms with E-state index in [4.69, 9.17) is 4.52 Å². The van der Waals surface area contributed by atoms with E-state index in [9.17, 15) is 27.5 Å². The average molecular weight is 474 g/mol. The first kappa shape index (κ1) is 22.1. The van der Waals surface area contributed by atoms with Crippen LogP contribution in [-0.2, 0) is 23.2 Å². The lowest BCUT2D eigenvalue weighted by molar-refractivity contribution is -0.165. The van der Waals surface area contributed by atoms with Gasteiger partial charge in [-0.25, -0.2) is 9.37 Å². The van der Waals surface area contributed by atoms with Crippen molar-refractivity contribution >= 4 is 22.8 Å². The number of amides is 1. The SMILES string of the molecule is O=C(Cc1ccc(-c2cnc3[nH]c(CO)cc3c2)cc1F)Nc1cc(C2(C(F)(F)F)CC2)on1. The third-order valence-electron chi connectivity index (χ3n) is 5.98. The number of nitrogens with one attached hydrogen (secondary N) is 2. The van der Waals surface area contributed by atoms with Gasteiger partial charge in [0.2, 0.25) is 5.91 Å². The lowest BCUT2D eigenvalue weighted by atomic mass is 10.0. The number of aromatic amines is 1. The van der Waals surface area contributed by atoms with Gasteiger partial charge in [-0.05, 0) is 42.2 Å². The Hall–Kier alpha value is -3.73. The molecule has 4 aromatic rings. The number of aromatic nitrogens is 3. The van der Waals surface area contributed by atoms with E-state index in [1.54, 1.807) is 24.4 Å². The monoisotopic (exact) mass is 474 g/mol. The molecule has 1 aliphatic rings. The standard InChI is InChI=1S/C23H18F4N4O3/c24-17-7-12(15-5-14-6-16(11-32)29-21(14)28-10-15)1-2-13(17)8-20(33)30-19-9-18(34-31-19)22(3-4-22)23(25,26)27/h1-2,5-7,9-10,32H,3-4,8,11H2,(H,28,29)(H,30,31,33). The van der Waals surface area contributed by atoms with E-state index in [0.717, 1.165) is 11.5 Å². The Morgan fingerprint density at radius 1 is 1.18 bits per heavy atom. The molecule has 0 atom stereocenters. The van der Waals surface area contributed by atoms with Crippen LogP contribution in [0.4, 0.5) is 23.4 Å². The number of halogens is 4. The molecule has 0 saturated heterocycles. The van der Waals surface area contributed by atoms with Gasteiger partial charge in [0.15, 0.2) is 11.6 Å². The predicted octanol–water partition coefficient (Wildman–Crippen LogP) is 4.62. The van der Waals surface area contributed by atoms with Gasteiger partial charge in [-0.15, -0.1) is 0 Å². The number of carbonyl (C=O) groups excluding carboxylic acids is 1. The molecule has 1 aliphatic carbocycles. The van der Waals surface area contributed by atoms with Gasteiger partial charge in [0.25, 0.3) is 0 Å². The molecule has 176 valence electrons. The van der Waals surface area contributed by atoms with Crippen molar-refractivity contribution in [3.05, 3.63) is 65.4 Å². The number of fused-ring (bicyclic) bond motifs is 1. The highest BCUT2D eigenvalue weighted by molar-refractivity contribution is 5.91. The van der Waals surface area contributed by atoms with Crippen molar-refractivity contribution in [1.29, 1.82) is 0 Å². The first-order valence-corrected chi connectivity index (χ1v) is 10.4. The molecule has 3 aromatic heterocycles. The molecular weight excluding hydrogens is 456 g/mol. The molecule has 0 spiro atoms. The molecule has 34 heavy (non-hydrogen) atoms. The van der Waals surface area contributed by atoms with Crippen LogP contribution >= 0.6 is 0 Å². The summed E-state index contributed by atoms with van der Waals surface area (Å²) in [5, 5.41) is 15.8. The van der Waals surface area contributed by atoms with E-state index in [1.165, 1.54) is 12.1 Å². The number of alkyl halides is 3. The molecule has 0 bridgehead atoms. The van der Waals surface area contributed by atoms with Crippen molar-refractivity contribution in [3.63, 3.8) is 0 Å². The summed E-state index contributed by atoms with van der Waals surface area (Å²) in [4.78, 5) is 19.6. The summed E-state index contributed by atoms with van der Waals surface area (Å²) in [5.74, 6) is -1.76. The summed E-state index contributed by atoms with van der Waals surface area (Å²) >= 11 is 0. The van der Waals surface area contributed by atoms with Gasteiger partial charge in [0.1, 0.15) is 16.9 Å². The summed E-state index contributed by atoms with van der Waals surface area (Å²) in [6, 6.07) is 8.98. The number of nitrogens with zero attached hydrogens (tertiary/aromatic N) is 2. The zero-order chi connectivity index (χ0) is 24.1. The largest absolute Gasteiger partial charge is 0.401 e. The van der Waals surface area contributed by atoms with Crippen LogP contribution in [0.1, 0.15) is 29.9 Å². The maximum atomic E-state index is 14.7. The smallest absolute Gasteiger partial charge is 0.390 e. The third-order valence-corrected chi connectivity index (χ3v) is 5.98. The Bertz CT molecular complexity index is 1390. The van der Waals surface area contributed by atoms with Crippen LogP contribution in [0, 0.1) is 5.82 Å². The number of hydrogen-bond donors (Lipinski definition) is 3. The van der Waals surface area contributed by atoms with E-state index < -0.39 is 23.3 Å². The van der Waals surface area contributed by atoms with Crippen LogP contribution in [0.2, 0.25) is 0 Å². The molecule has 0 unspecified atom stereocenters. The summed E-state index contributed by atoms with van der Waals surface area (Å²) < 4.78 is 59.1. The number of hydrogen-bond acceptors (Lipinski definition) is 5. The maximum Gasteiger partial charge on any atom is 0.401 e. The van der Waals surface area contributed by atoms with Gasteiger partial charge < -0.3 is 19.9 Å². The van der Waals surface area contributed by atoms with E-state index in [1.807, 2.05) is 0 Å². The van der Waals surface area contributed by atoms with Crippen molar-refractivity contribution in [2.75, 3.05) is 5.32 Å². The second kappa shape index (κ2) is 7.94. The number of aliphatic hydroxyl groups is 1. The molecule has 1 aromatic carbocycles.